The minimum atomic E-state index is -0.307. The highest BCUT2D eigenvalue weighted by molar-refractivity contribution is 5.76. The number of anilines is 2. The van der Waals surface area contributed by atoms with E-state index in [1.54, 1.807) is 19.3 Å². The molecule has 2 fully saturated rings. The average molecular weight is 394 g/mol. The highest BCUT2D eigenvalue weighted by Crippen LogP contribution is 2.49. The molecule has 0 amide bonds. The Morgan fingerprint density at radius 3 is 3.03 bits per heavy atom. The predicted octanol–water partition coefficient (Wildman–Crippen LogP) is 3.37. The molecule has 3 atom stereocenters. The molecule has 0 saturated heterocycles. The van der Waals surface area contributed by atoms with E-state index in [1.807, 2.05) is 6.20 Å². The highest BCUT2D eigenvalue weighted by Gasteiger charge is 2.39. The van der Waals surface area contributed by atoms with Crippen LogP contribution in [0.3, 0.4) is 0 Å². The van der Waals surface area contributed by atoms with Crippen LogP contribution in [0.25, 0.3) is 11.0 Å². The van der Waals surface area contributed by atoms with Gasteiger partial charge in [0, 0.05) is 30.5 Å². The van der Waals surface area contributed by atoms with Crippen LogP contribution in [0.1, 0.15) is 32.6 Å². The Morgan fingerprint density at radius 2 is 2.24 bits per heavy atom. The van der Waals surface area contributed by atoms with Gasteiger partial charge in [0.25, 0.3) is 0 Å². The summed E-state index contributed by atoms with van der Waals surface area (Å²) in [5.41, 5.74) is 1.70. The lowest BCUT2D eigenvalue weighted by molar-refractivity contribution is -0.144. The van der Waals surface area contributed by atoms with Gasteiger partial charge < -0.3 is 14.6 Å². The first-order valence-corrected chi connectivity index (χ1v) is 10.4. The van der Waals surface area contributed by atoms with Crippen molar-refractivity contribution in [2.24, 2.45) is 17.8 Å². The predicted molar refractivity (Wildman–Crippen MR) is 109 cm³/mol. The smallest absolute Gasteiger partial charge is 0.327 e. The van der Waals surface area contributed by atoms with Gasteiger partial charge in [0.05, 0.1) is 18.5 Å². The SMILES string of the molecule is CCOC(=O)Cn1cc(Nc2ncc3ccn(CC4CC5CCC4C5)c3n2)cn1. The number of hydrogen-bond acceptors (Lipinski definition) is 6. The number of rotatable bonds is 7. The largest absolute Gasteiger partial charge is 0.465 e. The van der Waals surface area contributed by atoms with Crippen molar-refractivity contribution < 1.29 is 9.53 Å². The Labute approximate surface area is 169 Å². The minimum absolute atomic E-state index is 0.0851. The van der Waals surface area contributed by atoms with E-state index < -0.39 is 0 Å². The summed E-state index contributed by atoms with van der Waals surface area (Å²) < 4.78 is 8.76. The highest BCUT2D eigenvalue weighted by atomic mass is 16.5. The van der Waals surface area contributed by atoms with Crippen LogP contribution >= 0.6 is 0 Å². The number of fused-ring (bicyclic) bond motifs is 3. The lowest BCUT2D eigenvalue weighted by Gasteiger charge is -2.22. The van der Waals surface area contributed by atoms with Gasteiger partial charge >= 0.3 is 5.97 Å². The van der Waals surface area contributed by atoms with Crippen LogP contribution in [0.2, 0.25) is 0 Å². The van der Waals surface area contributed by atoms with Crippen molar-refractivity contribution in [2.75, 3.05) is 11.9 Å². The number of esters is 1. The van der Waals surface area contributed by atoms with E-state index in [0.29, 0.717) is 12.6 Å². The first-order chi connectivity index (χ1) is 14.2. The zero-order chi connectivity index (χ0) is 19.8. The molecule has 152 valence electrons. The van der Waals surface area contributed by atoms with E-state index in [4.69, 9.17) is 9.72 Å². The van der Waals surface area contributed by atoms with Gasteiger partial charge in [0.2, 0.25) is 5.95 Å². The maximum absolute atomic E-state index is 11.6. The fourth-order valence-corrected chi connectivity index (χ4v) is 5.01. The molecule has 0 spiro atoms. The van der Waals surface area contributed by atoms with Gasteiger partial charge in [-0.1, -0.05) is 6.42 Å². The van der Waals surface area contributed by atoms with Crippen molar-refractivity contribution in [1.29, 1.82) is 0 Å². The molecule has 8 heteroatoms. The minimum Gasteiger partial charge on any atom is -0.465 e. The van der Waals surface area contributed by atoms with Crippen LogP contribution in [0.5, 0.6) is 0 Å². The third kappa shape index (κ3) is 3.71. The summed E-state index contributed by atoms with van der Waals surface area (Å²) in [6, 6.07) is 2.09. The normalized spacial score (nSPS) is 23.0. The molecule has 2 aliphatic carbocycles. The standard InChI is InChI=1S/C21H26N6O2/c1-2-29-19(28)13-27-12-18(10-23-27)24-21-22-9-16-5-6-26(20(16)25-21)11-17-8-14-3-4-15(17)7-14/h5-6,9-10,12,14-15,17H,2-4,7-8,11,13H2,1H3,(H,22,24,25). The molecule has 3 unspecified atom stereocenters. The van der Waals surface area contributed by atoms with E-state index in [2.05, 4.69) is 32.2 Å². The fraction of sp³-hybridized carbons (Fsp3) is 0.524. The summed E-state index contributed by atoms with van der Waals surface area (Å²) >= 11 is 0. The van der Waals surface area contributed by atoms with Crippen molar-refractivity contribution in [1.82, 2.24) is 24.3 Å². The van der Waals surface area contributed by atoms with E-state index >= 15 is 0 Å². The van der Waals surface area contributed by atoms with Crippen molar-refractivity contribution in [2.45, 2.75) is 45.7 Å². The molecule has 1 N–H and O–H groups in total. The summed E-state index contributed by atoms with van der Waals surface area (Å²) in [4.78, 5) is 20.8. The maximum atomic E-state index is 11.6. The Bertz CT molecular complexity index is 1030. The van der Waals surface area contributed by atoms with Crippen molar-refractivity contribution in [3.8, 4) is 0 Å². The molecule has 3 aromatic rings. The lowest BCUT2D eigenvalue weighted by atomic mass is 9.89. The zero-order valence-electron chi connectivity index (χ0n) is 16.6. The fourth-order valence-electron chi connectivity index (χ4n) is 5.01. The molecule has 29 heavy (non-hydrogen) atoms. The van der Waals surface area contributed by atoms with Crippen LogP contribution in [0, 0.1) is 17.8 Å². The van der Waals surface area contributed by atoms with E-state index in [0.717, 1.165) is 41.0 Å². The third-order valence-corrected chi connectivity index (χ3v) is 6.30. The number of carbonyl (C=O) groups excluding carboxylic acids is 1. The Balaban J connectivity index is 1.30. The molecule has 2 saturated carbocycles. The second kappa shape index (κ2) is 7.50. The molecule has 0 aromatic carbocycles. The van der Waals surface area contributed by atoms with Gasteiger partial charge in [-0.2, -0.15) is 10.1 Å². The Hall–Kier alpha value is -2.90. The lowest BCUT2D eigenvalue weighted by Crippen LogP contribution is -2.17. The van der Waals surface area contributed by atoms with E-state index in [1.165, 1.54) is 30.4 Å². The number of carbonyl (C=O) groups is 1. The second-order valence-electron chi connectivity index (χ2n) is 8.23. The molecule has 0 aliphatic heterocycles. The van der Waals surface area contributed by atoms with Crippen LogP contribution in [-0.4, -0.2) is 36.9 Å². The first-order valence-electron chi connectivity index (χ1n) is 10.4. The summed E-state index contributed by atoms with van der Waals surface area (Å²) in [6.45, 7) is 3.27. The molecular formula is C21H26N6O2. The number of nitrogens with zero attached hydrogens (tertiary/aromatic N) is 5. The van der Waals surface area contributed by atoms with E-state index in [-0.39, 0.29) is 12.5 Å². The van der Waals surface area contributed by atoms with Gasteiger partial charge in [0.1, 0.15) is 12.2 Å². The average Bonchev–Trinajstić information content (AvgIpc) is 3.48. The quantitative estimate of drug-likeness (QED) is 0.618. The van der Waals surface area contributed by atoms with E-state index in [9.17, 15) is 4.79 Å². The molecule has 3 aromatic heterocycles. The molecule has 8 nitrogen and oxygen atoms in total. The third-order valence-electron chi connectivity index (χ3n) is 6.30. The van der Waals surface area contributed by atoms with Gasteiger partial charge in [0.15, 0.2) is 0 Å². The van der Waals surface area contributed by atoms with Crippen molar-refractivity contribution in [3.05, 3.63) is 30.9 Å². The second-order valence-corrected chi connectivity index (χ2v) is 8.23. The van der Waals surface area contributed by atoms with Crippen LogP contribution in [0.15, 0.2) is 30.9 Å². The summed E-state index contributed by atoms with van der Waals surface area (Å²) in [6.07, 6.45) is 13.0. The van der Waals surface area contributed by atoms with Crippen molar-refractivity contribution in [3.63, 3.8) is 0 Å². The summed E-state index contributed by atoms with van der Waals surface area (Å²) in [5, 5.41) is 8.43. The number of nitrogens with one attached hydrogen (secondary N) is 1. The van der Waals surface area contributed by atoms with Crippen LogP contribution < -0.4 is 5.32 Å². The molecule has 2 aliphatic rings. The molecular weight excluding hydrogens is 368 g/mol. The number of hydrogen-bond donors (Lipinski definition) is 1. The van der Waals surface area contributed by atoms with Gasteiger partial charge in [-0.05, 0) is 50.0 Å². The summed E-state index contributed by atoms with van der Waals surface area (Å²) in [5.74, 6) is 2.84. The summed E-state index contributed by atoms with van der Waals surface area (Å²) in [7, 11) is 0. The van der Waals surface area contributed by atoms with Crippen LogP contribution in [-0.2, 0) is 22.6 Å². The number of aromatic nitrogens is 5. The zero-order valence-corrected chi connectivity index (χ0v) is 16.6. The maximum Gasteiger partial charge on any atom is 0.327 e. The monoisotopic (exact) mass is 394 g/mol. The molecule has 2 bridgehead atoms. The van der Waals surface area contributed by atoms with Gasteiger partial charge in [-0.25, -0.2) is 4.98 Å². The van der Waals surface area contributed by atoms with Gasteiger partial charge in [-0.3, -0.25) is 9.48 Å². The van der Waals surface area contributed by atoms with Gasteiger partial charge in [-0.15, -0.1) is 0 Å². The topological polar surface area (TPSA) is 86.9 Å². The van der Waals surface area contributed by atoms with Crippen molar-refractivity contribution >= 4 is 28.6 Å². The van der Waals surface area contributed by atoms with Crippen LogP contribution in [0.4, 0.5) is 11.6 Å². The molecule has 3 heterocycles. The Kier molecular flexibility index (Phi) is 4.69. The molecule has 0 radical (unpaired) electrons. The first kappa shape index (κ1) is 18.1. The molecule has 5 rings (SSSR count). The Morgan fingerprint density at radius 1 is 1.31 bits per heavy atom. The number of ether oxygens (including phenoxy) is 1.